The maximum atomic E-state index is 12.9. The SMILES string of the molecule is COC(=O)c1ccc(N2CCN(C(=O)c3ccccc3)CC2)c(NC(=O)c2cccc(Cl)c2)c1. The van der Waals surface area contributed by atoms with E-state index >= 15 is 0 Å². The number of ether oxygens (including phenoxy) is 1. The molecule has 0 unspecified atom stereocenters. The maximum Gasteiger partial charge on any atom is 0.337 e. The molecule has 0 aromatic heterocycles. The van der Waals surface area contributed by atoms with Gasteiger partial charge in [-0.2, -0.15) is 0 Å². The number of halogens is 1. The molecule has 1 saturated heterocycles. The van der Waals surface area contributed by atoms with Crippen molar-refractivity contribution in [3.8, 4) is 0 Å². The van der Waals surface area contributed by atoms with Crippen LogP contribution in [0.15, 0.2) is 72.8 Å². The van der Waals surface area contributed by atoms with Crippen molar-refractivity contribution in [2.24, 2.45) is 0 Å². The Morgan fingerprint density at radius 3 is 2.21 bits per heavy atom. The Kier molecular flexibility index (Phi) is 7.13. The van der Waals surface area contributed by atoms with Gasteiger partial charge in [0.25, 0.3) is 11.8 Å². The third-order valence-electron chi connectivity index (χ3n) is 5.68. The van der Waals surface area contributed by atoms with E-state index in [0.29, 0.717) is 53.6 Å². The number of methoxy groups -OCH3 is 1. The highest BCUT2D eigenvalue weighted by atomic mass is 35.5. The van der Waals surface area contributed by atoms with Crippen LogP contribution in [0.1, 0.15) is 31.1 Å². The molecule has 174 valence electrons. The lowest BCUT2D eigenvalue weighted by molar-refractivity contribution is 0.0600. The molecule has 1 N–H and O–H groups in total. The highest BCUT2D eigenvalue weighted by molar-refractivity contribution is 6.31. The van der Waals surface area contributed by atoms with Gasteiger partial charge in [-0.15, -0.1) is 0 Å². The third-order valence-corrected chi connectivity index (χ3v) is 5.92. The van der Waals surface area contributed by atoms with Crippen LogP contribution in [0, 0.1) is 0 Å². The van der Waals surface area contributed by atoms with Crippen molar-refractivity contribution in [3.63, 3.8) is 0 Å². The van der Waals surface area contributed by atoms with Gasteiger partial charge >= 0.3 is 5.97 Å². The van der Waals surface area contributed by atoms with E-state index in [0.717, 1.165) is 5.69 Å². The largest absolute Gasteiger partial charge is 0.465 e. The highest BCUT2D eigenvalue weighted by Crippen LogP contribution is 2.29. The Bertz CT molecular complexity index is 1210. The number of carbonyl (C=O) groups excluding carboxylic acids is 3. The van der Waals surface area contributed by atoms with Crippen molar-refractivity contribution in [2.45, 2.75) is 0 Å². The first-order valence-electron chi connectivity index (χ1n) is 10.8. The first-order valence-corrected chi connectivity index (χ1v) is 11.2. The van der Waals surface area contributed by atoms with Crippen LogP contribution in [0.3, 0.4) is 0 Å². The number of hydrogen-bond donors (Lipinski definition) is 1. The summed E-state index contributed by atoms with van der Waals surface area (Å²) in [6, 6.07) is 20.9. The van der Waals surface area contributed by atoms with Crippen molar-refractivity contribution in [1.29, 1.82) is 0 Å². The molecular weight excluding hydrogens is 454 g/mol. The summed E-state index contributed by atoms with van der Waals surface area (Å²) in [5, 5.41) is 3.36. The van der Waals surface area contributed by atoms with Crippen molar-refractivity contribution in [3.05, 3.63) is 94.5 Å². The van der Waals surface area contributed by atoms with E-state index in [9.17, 15) is 14.4 Å². The van der Waals surface area contributed by atoms with E-state index in [-0.39, 0.29) is 11.8 Å². The number of hydrogen-bond acceptors (Lipinski definition) is 5. The van der Waals surface area contributed by atoms with Gasteiger partial charge in [-0.05, 0) is 48.5 Å². The van der Waals surface area contributed by atoms with Gasteiger partial charge in [0.2, 0.25) is 0 Å². The summed E-state index contributed by atoms with van der Waals surface area (Å²) in [6.07, 6.45) is 0. The fraction of sp³-hybridized carbons (Fsp3) is 0.192. The lowest BCUT2D eigenvalue weighted by Gasteiger charge is -2.37. The molecule has 34 heavy (non-hydrogen) atoms. The van der Waals surface area contributed by atoms with Gasteiger partial charge in [0.15, 0.2) is 0 Å². The topological polar surface area (TPSA) is 79.0 Å². The van der Waals surface area contributed by atoms with Crippen LogP contribution in [-0.4, -0.2) is 56.0 Å². The molecule has 3 aromatic carbocycles. The first kappa shape index (κ1) is 23.3. The molecule has 7 nitrogen and oxygen atoms in total. The Hall–Kier alpha value is -3.84. The monoisotopic (exact) mass is 477 g/mol. The van der Waals surface area contributed by atoms with Gasteiger partial charge < -0.3 is 19.9 Å². The molecule has 1 aliphatic rings. The molecule has 3 aromatic rings. The molecular formula is C26H24ClN3O4. The molecule has 0 bridgehead atoms. The molecule has 1 fully saturated rings. The Morgan fingerprint density at radius 2 is 1.53 bits per heavy atom. The number of amides is 2. The fourth-order valence-corrected chi connectivity index (χ4v) is 4.08. The normalized spacial score (nSPS) is 13.4. The number of piperazine rings is 1. The first-order chi connectivity index (χ1) is 16.5. The van der Waals surface area contributed by atoms with E-state index in [1.807, 2.05) is 35.2 Å². The minimum Gasteiger partial charge on any atom is -0.465 e. The van der Waals surface area contributed by atoms with Gasteiger partial charge in [-0.25, -0.2) is 4.79 Å². The van der Waals surface area contributed by atoms with E-state index in [1.54, 1.807) is 42.5 Å². The number of nitrogens with one attached hydrogen (secondary N) is 1. The van der Waals surface area contributed by atoms with Crippen LogP contribution < -0.4 is 10.2 Å². The van der Waals surface area contributed by atoms with Crippen LogP contribution >= 0.6 is 11.6 Å². The quantitative estimate of drug-likeness (QED) is 0.553. The van der Waals surface area contributed by atoms with Crippen LogP contribution in [0.4, 0.5) is 11.4 Å². The number of carbonyl (C=O) groups is 3. The standard InChI is InChI=1S/C26H24ClN3O4/c1-34-26(33)20-10-11-23(22(17-20)28-24(31)19-8-5-9-21(27)16-19)29-12-14-30(15-13-29)25(32)18-6-3-2-4-7-18/h2-11,16-17H,12-15H2,1H3,(H,28,31). The molecule has 0 atom stereocenters. The molecule has 4 rings (SSSR count). The van der Waals surface area contributed by atoms with Crippen molar-refractivity contribution >= 4 is 40.8 Å². The number of anilines is 2. The zero-order valence-corrected chi connectivity index (χ0v) is 19.4. The highest BCUT2D eigenvalue weighted by Gasteiger charge is 2.24. The van der Waals surface area contributed by atoms with Gasteiger partial charge in [-0.1, -0.05) is 35.9 Å². The average molecular weight is 478 g/mol. The second-order valence-corrected chi connectivity index (χ2v) is 8.27. The average Bonchev–Trinajstić information content (AvgIpc) is 2.88. The van der Waals surface area contributed by atoms with Crippen molar-refractivity contribution in [1.82, 2.24) is 4.90 Å². The van der Waals surface area contributed by atoms with Crippen molar-refractivity contribution < 1.29 is 19.1 Å². The summed E-state index contributed by atoms with van der Waals surface area (Å²) in [4.78, 5) is 41.7. The van der Waals surface area contributed by atoms with Gasteiger partial charge in [0, 0.05) is 42.3 Å². The predicted molar refractivity (Wildman–Crippen MR) is 132 cm³/mol. The Morgan fingerprint density at radius 1 is 0.824 bits per heavy atom. The van der Waals surface area contributed by atoms with Crippen molar-refractivity contribution in [2.75, 3.05) is 43.5 Å². The predicted octanol–water partition coefficient (Wildman–Crippen LogP) is 4.34. The smallest absolute Gasteiger partial charge is 0.337 e. The third kappa shape index (κ3) is 5.21. The van der Waals surface area contributed by atoms with Crippen LogP contribution in [0.5, 0.6) is 0 Å². The fourth-order valence-electron chi connectivity index (χ4n) is 3.89. The molecule has 0 spiro atoms. The number of rotatable bonds is 5. The summed E-state index contributed by atoms with van der Waals surface area (Å²) < 4.78 is 4.84. The lowest BCUT2D eigenvalue weighted by Crippen LogP contribution is -2.49. The van der Waals surface area contributed by atoms with E-state index in [4.69, 9.17) is 16.3 Å². The van der Waals surface area contributed by atoms with Gasteiger partial charge in [-0.3, -0.25) is 9.59 Å². The minimum absolute atomic E-state index is 0.00392. The summed E-state index contributed by atoms with van der Waals surface area (Å²) >= 11 is 6.03. The number of benzene rings is 3. The molecule has 1 aliphatic heterocycles. The minimum atomic E-state index is -0.497. The second-order valence-electron chi connectivity index (χ2n) is 7.83. The van der Waals surface area contributed by atoms with Crippen LogP contribution in [0.2, 0.25) is 5.02 Å². The Labute approximate surface area is 202 Å². The molecule has 2 amide bonds. The number of nitrogens with zero attached hydrogens (tertiary/aromatic N) is 2. The molecule has 0 radical (unpaired) electrons. The summed E-state index contributed by atoms with van der Waals surface area (Å²) in [6.45, 7) is 2.23. The van der Waals surface area contributed by atoms with Gasteiger partial charge in [0.1, 0.15) is 0 Å². The number of esters is 1. The van der Waals surface area contributed by atoms with E-state index in [2.05, 4.69) is 10.2 Å². The lowest BCUT2D eigenvalue weighted by atomic mass is 10.1. The summed E-state index contributed by atoms with van der Waals surface area (Å²) in [7, 11) is 1.31. The summed E-state index contributed by atoms with van der Waals surface area (Å²) in [5.74, 6) is -0.845. The molecule has 0 aliphatic carbocycles. The zero-order chi connectivity index (χ0) is 24.1. The van der Waals surface area contributed by atoms with Crippen LogP contribution in [-0.2, 0) is 4.74 Å². The van der Waals surface area contributed by atoms with E-state index in [1.165, 1.54) is 7.11 Å². The van der Waals surface area contributed by atoms with Gasteiger partial charge in [0.05, 0.1) is 24.0 Å². The summed E-state index contributed by atoms with van der Waals surface area (Å²) in [5.41, 5.74) is 2.63. The second kappa shape index (κ2) is 10.4. The van der Waals surface area contributed by atoms with E-state index < -0.39 is 5.97 Å². The maximum absolute atomic E-state index is 12.9. The van der Waals surface area contributed by atoms with Crippen LogP contribution in [0.25, 0.3) is 0 Å². The zero-order valence-electron chi connectivity index (χ0n) is 18.7. The Balaban J connectivity index is 1.54. The molecule has 0 saturated carbocycles. The molecule has 1 heterocycles. The molecule has 8 heteroatoms.